The molecule has 0 aliphatic carbocycles. The van der Waals surface area contributed by atoms with Gasteiger partial charge in [0.1, 0.15) is 5.82 Å². The number of nitrogens with zero attached hydrogens (tertiary/aromatic N) is 3. The zero-order valence-electron chi connectivity index (χ0n) is 12.1. The second-order valence-corrected chi connectivity index (χ2v) is 6.58. The Morgan fingerprint density at radius 3 is 2.67 bits per heavy atom. The number of hydrogen-bond donors (Lipinski definition) is 2. The first kappa shape index (κ1) is 14.1. The SMILES string of the molecule is CC(C)Cc1nn(Cc2ccc(Br)cc2)c2n[nH]c(N)c12. The van der Waals surface area contributed by atoms with Crippen molar-refractivity contribution >= 4 is 32.8 Å². The van der Waals surface area contributed by atoms with Gasteiger partial charge < -0.3 is 5.73 Å². The third kappa shape index (κ3) is 2.81. The van der Waals surface area contributed by atoms with E-state index in [1.165, 1.54) is 5.56 Å². The number of nitrogens with one attached hydrogen (secondary N) is 1. The van der Waals surface area contributed by atoms with Crippen LogP contribution in [0.4, 0.5) is 5.82 Å². The molecule has 0 aliphatic rings. The molecule has 2 aromatic heterocycles. The van der Waals surface area contributed by atoms with Crippen molar-refractivity contribution in [2.45, 2.75) is 26.8 Å². The number of aromatic nitrogens is 4. The largest absolute Gasteiger partial charge is 0.383 e. The van der Waals surface area contributed by atoms with Gasteiger partial charge in [-0.3, -0.25) is 5.10 Å². The molecule has 110 valence electrons. The molecule has 0 spiro atoms. The number of halogens is 1. The van der Waals surface area contributed by atoms with Gasteiger partial charge in [0.25, 0.3) is 0 Å². The van der Waals surface area contributed by atoms with Gasteiger partial charge in [-0.05, 0) is 30.0 Å². The van der Waals surface area contributed by atoms with E-state index in [-0.39, 0.29) is 0 Å². The maximum Gasteiger partial charge on any atom is 0.182 e. The van der Waals surface area contributed by atoms with Crippen LogP contribution in [0.3, 0.4) is 0 Å². The van der Waals surface area contributed by atoms with Gasteiger partial charge in [0.2, 0.25) is 0 Å². The van der Waals surface area contributed by atoms with Gasteiger partial charge in [-0.25, -0.2) is 4.68 Å². The Labute approximate surface area is 131 Å². The molecule has 0 atom stereocenters. The van der Waals surface area contributed by atoms with Crippen LogP contribution in [0, 0.1) is 5.92 Å². The van der Waals surface area contributed by atoms with Crippen LogP contribution in [0.1, 0.15) is 25.1 Å². The van der Waals surface area contributed by atoms with E-state index >= 15 is 0 Å². The molecule has 0 aliphatic heterocycles. The number of nitrogen functional groups attached to an aromatic ring is 1. The molecule has 0 unspecified atom stereocenters. The lowest BCUT2D eigenvalue weighted by Gasteiger charge is -2.03. The number of fused-ring (bicyclic) bond motifs is 1. The van der Waals surface area contributed by atoms with Crippen molar-refractivity contribution < 1.29 is 0 Å². The summed E-state index contributed by atoms with van der Waals surface area (Å²) in [6.07, 6.45) is 0.896. The molecule has 5 nitrogen and oxygen atoms in total. The molecule has 21 heavy (non-hydrogen) atoms. The number of benzene rings is 1. The second-order valence-electron chi connectivity index (χ2n) is 5.66. The summed E-state index contributed by atoms with van der Waals surface area (Å²) in [6.45, 7) is 5.04. The van der Waals surface area contributed by atoms with E-state index in [4.69, 9.17) is 10.8 Å². The van der Waals surface area contributed by atoms with Crippen LogP contribution >= 0.6 is 15.9 Å². The molecule has 0 amide bonds. The molecule has 3 rings (SSSR count). The van der Waals surface area contributed by atoms with Crippen molar-refractivity contribution in [3.63, 3.8) is 0 Å². The van der Waals surface area contributed by atoms with Crippen LogP contribution in [0.5, 0.6) is 0 Å². The number of hydrogen-bond acceptors (Lipinski definition) is 3. The average Bonchev–Trinajstić information content (AvgIpc) is 2.95. The van der Waals surface area contributed by atoms with E-state index in [1.54, 1.807) is 0 Å². The highest BCUT2D eigenvalue weighted by atomic mass is 79.9. The molecule has 2 heterocycles. The maximum atomic E-state index is 6.00. The summed E-state index contributed by atoms with van der Waals surface area (Å²) in [7, 11) is 0. The van der Waals surface area contributed by atoms with Gasteiger partial charge >= 0.3 is 0 Å². The molecular formula is C15H18BrN5. The Hall–Kier alpha value is -1.82. The molecule has 3 N–H and O–H groups in total. The summed E-state index contributed by atoms with van der Waals surface area (Å²) in [5.41, 5.74) is 9.02. The van der Waals surface area contributed by atoms with Gasteiger partial charge in [0.15, 0.2) is 5.65 Å². The Bertz CT molecular complexity index is 754. The van der Waals surface area contributed by atoms with Gasteiger partial charge in [0, 0.05) is 4.47 Å². The van der Waals surface area contributed by atoms with Crippen LogP contribution in [0.15, 0.2) is 28.7 Å². The second kappa shape index (κ2) is 5.52. The van der Waals surface area contributed by atoms with E-state index in [2.05, 4.69) is 52.1 Å². The molecule has 6 heteroatoms. The van der Waals surface area contributed by atoms with Crippen molar-refractivity contribution in [1.82, 2.24) is 20.0 Å². The van der Waals surface area contributed by atoms with E-state index in [0.717, 1.165) is 27.6 Å². The third-order valence-corrected chi connectivity index (χ3v) is 3.93. The zero-order valence-corrected chi connectivity index (χ0v) is 13.7. The third-order valence-electron chi connectivity index (χ3n) is 3.40. The highest BCUT2D eigenvalue weighted by Gasteiger charge is 2.17. The predicted molar refractivity (Wildman–Crippen MR) is 88.1 cm³/mol. The summed E-state index contributed by atoms with van der Waals surface area (Å²) < 4.78 is 2.99. The first-order chi connectivity index (χ1) is 10.0. The zero-order chi connectivity index (χ0) is 15.0. The molecule has 0 saturated carbocycles. The van der Waals surface area contributed by atoms with Crippen molar-refractivity contribution in [3.8, 4) is 0 Å². The molecule has 1 aromatic carbocycles. The van der Waals surface area contributed by atoms with Crippen LogP contribution < -0.4 is 5.73 Å². The average molecular weight is 348 g/mol. The lowest BCUT2D eigenvalue weighted by Crippen LogP contribution is -2.04. The summed E-state index contributed by atoms with van der Waals surface area (Å²) >= 11 is 3.45. The summed E-state index contributed by atoms with van der Waals surface area (Å²) in [5, 5.41) is 12.8. The quantitative estimate of drug-likeness (QED) is 0.759. The van der Waals surface area contributed by atoms with Crippen LogP contribution in [-0.2, 0) is 13.0 Å². The fourth-order valence-corrected chi connectivity index (χ4v) is 2.73. The Morgan fingerprint density at radius 1 is 1.29 bits per heavy atom. The molecular weight excluding hydrogens is 330 g/mol. The lowest BCUT2D eigenvalue weighted by molar-refractivity contribution is 0.611. The first-order valence-corrected chi connectivity index (χ1v) is 7.77. The Balaban J connectivity index is 2.00. The van der Waals surface area contributed by atoms with Gasteiger partial charge in [-0.1, -0.05) is 41.9 Å². The monoisotopic (exact) mass is 347 g/mol. The predicted octanol–water partition coefficient (Wildman–Crippen LogP) is 3.35. The fourth-order valence-electron chi connectivity index (χ4n) is 2.46. The van der Waals surface area contributed by atoms with Gasteiger partial charge in [0.05, 0.1) is 17.6 Å². The normalized spacial score (nSPS) is 11.6. The summed E-state index contributed by atoms with van der Waals surface area (Å²) in [6, 6.07) is 8.22. The highest BCUT2D eigenvalue weighted by molar-refractivity contribution is 9.10. The van der Waals surface area contributed by atoms with Crippen molar-refractivity contribution in [2.24, 2.45) is 5.92 Å². The first-order valence-electron chi connectivity index (χ1n) is 6.98. The number of aromatic amines is 1. The smallest absolute Gasteiger partial charge is 0.182 e. The van der Waals surface area contributed by atoms with Crippen molar-refractivity contribution in [1.29, 1.82) is 0 Å². The van der Waals surface area contributed by atoms with Gasteiger partial charge in [-0.2, -0.15) is 10.2 Å². The van der Waals surface area contributed by atoms with E-state index in [1.807, 2.05) is 16.8 Å². The minimum Gasteiger partial charge on any atom is -0.383 e. The molecule has 0 bridgehead atoms. The number of anilines is 1. The minimum atomic E-state index is 0.526. The lowest BCUT2D eigenvalue weighted by atomic mass is 10.1. The van der Waals surface area contributed by atoms with E-state index < -0.39 is 0 Å². The Kier molecular flexibility index (Phi) is 3.71. The highest BCUT2D eigenvalue weighted by Crippen LogP contribution is 2.25. The number of nitrogens with two attached hydrogens (primary N) is 1. The van der Waals surface area contributed by atoms with Crippen LogP contribution in [-0.4, -0.2) is 20.0 Å². The van der Waals surface area contributed by atoms with Crippen LogP contribution in [0.2, 0.25) is 0 Å². The maximum absolute atomic E-state index is 6.00. The molecule has 0 saturated heterocycles. The standard InChI is InChI=1S/C15H18BrN5/c1-9(2)7-12-13-14(17)18-19-15(13)21(20-12)8-10-3-5-11(16)6-4-10/h3-6,9H,7-8H2,1-2H3,(H3,17,18,19). The topological polar surface area (TPSA) is 72.5 Å². The minimum absolute atomic E-state index is 0.526. The Morgan fingerprint density at radius 2 is 2.00 bits per heavy atom. The van der Waals surface area contributed by atoms with Crippen molar-refractivity contribution in [2.75, 3.05) is 5.73 Å². The van der Waals surface area contributed by atoms with Crippen LogP contribution in [0.25, 0.3) is 11.0 Å². The van der Waals surface area contributed by atoms with Crippen molar-refractivity contribution in [3.05, 3.63) is 40.0 Å². The molecule has 0 fully saturated rings. The summed E-state index contributed by atoms with van der Waals surface area (Å²) in [5.74, 6) is 1.13. The fraction of sp³-hybridized carbons (Fsp3) is 0.333. The van der Waals surface area contributed by atoms with E-state index in [0.29, 0.717) is 18.3 Å². The van der Waals surface area contributed by atoms with E-state index in [9.17, 15) is 0 Å². The number of rotatable bonds is 4. The molecule has 3 aromatic rings. The van der Waals surface area contributed by atoms with Gasteiger partial charge in [-0.15, -0.1) is 0 Å². The number of H-pyrrole nitrogens is 1. The summed E-state index contributed by atoms with van der Waals surface area (Å²) in [4.78, 5) is 0. The molecule has 0 radical (unpaired) electrons.